The fourth-order valence-electron chi connectivity index (χ4n) is 1.76. The van der Waals surface area contributed by atoms with Crippen LogP contribution in [-0.4, -0.2) is 26.7 Å². The van der Waals surface area contributed by atoms with Crippen LogP contribution < -0.4 is 15.8 Å². The summed E-state index contributed by atoms with van der Waals surface area (Å²) in [4.78, 5) is 0. The lowest BCUT2D eigenvalue weighted by Gasteiger charge is -2.11. The highest BCUT2D eigenvalue weighted by atomic mass is 19.1. The van der Waals surface area contributed by atoms with Gasteiger partial charge in [-0.3, -0.25) is 0 Å². The first-order valence-electron chi connectivity index (χ1n) is 6.40. The molecular weight excluding hydrogens is 231 g/mol. The van der Waals surface area contributed by atoms with Crippen molar-refractivity contribution in [3.63, 3.8) is 0 Å². The van der Waals surface area contributed by atoms with E-state index in [9.17, 15) is 4.39 Å². The molecule has 102 valence electrons. The van der Waals surface area contributed by atoms with Gasteiger partial charge in [-0.15, -0.1) is 0 Å². The van der Waals surface area contributed by atoms with Gasteiger partial charge in [0.2, 0.25) is 0 Å². The maximum absolute atomic E-state index is 13.1. The average Bonchev–Trinajstić information content (AvgIpc) is 2.38. The topological polar surface area (TPSA) is 47.3 Å². The van der Waals surface area contributed by atoms with Crippen molar-refractivity contribution in [1.29, 1.82) is 0 Å². The van der Waals surface area contributed by atoms with Crippen LogP contribution in [0.4, 0.5) is 4.39 Å². The molecule has 0 radical (unpaired) electrons. The summed E-state index contributed by atoms with van der Waals surface area (Å²) >= 11 is 0. The standard InChI is InChI=1S/C14H23FN2O/c1-11(10-16)5-7-17-8-6-12-9-13(15)3-4-14(12)18-2/h3-4,9,11,17H,5-8,10,16H2,1-2H3. The Labute approximate surface area is 109 Å². The van der Waals surface area contributed by atoms with Gasteiger partial charge in [0.15, 0.2) is 0 Å². The van der Waals surface area contributed by atoms with Gasteiger partial charge in [-0.1, -0.05) is 6.92 Å². The van der Waals surface area contributed by atoms with E-state index < -0.39 is 0 Å². The van der Waals surface area contributed by atoms with E-state index >= 15 is 0 Å². The van der Waals surface area contributed by atoms with Gasteiger partial charge in [-0.2, -0.15) is 0 Å². The van der Waals surface area contributed by atoms with Crippen LogP contribution in [0.5, 0.6) is 5.75 Å². The van der Waals surface area contributed by atoms with E-state index in [2.05, 4.69) is 12.2 Å². The molecular formula is C14H23FN2O. The van der Waals surface area contributed by atoms with Gasteiger partial charge in [0.05, 0.1) is 7.11 Å². The monoisotopic (exact) mass is 254 g/mol. The van der Waals surface area contributed by atoms with Crippen molar-refractivity contribution in [1.82, 2.24) is 5.32 Å². The number of nitrogens with one attached hydrogen (secondary N) is 1. The molecule has 1 aromatic carbocycles. The van der Waals surface area contributed by atoms with Gasteiger partial charge in [-0.05, 0) is 62.2 Å². The summed E-state index contributed by atoms with van der Waals surface area (Å²) < 4.78 is 18.3. The molecule has 0 spiro atoms. The van der Waals surface area contributed by atoms with Crippen LogP contribution in [0.1, 0.15) is 18.9 Å². The first-order chi connectivity index (χ1) is 8.67. The molecule has 1 unspecified atom stereocenters. The van der Waals surface area contributed by atoms with Gasteiger partial charge < -0.3 is 15.8 Å². The van der Waals surface area contributed by atoms with E-state index in [-0.39, 0.29) is 5.82 Å². The van der Waals surface area contributed by atoms with Gasteiger partial charge in [0, 0.05) is 0 Å². The van der Waals surface area contributed by atoms with Crippen molar-refractivity contribution >= 4 is 0 Å². The van der Waals surface area contributed by atoms with E-state index in [1.807, 2.05) is 0 Å². The van der Waals surface area contributed by atoms with Crippen LogP contribution in [0, 0.1) is 11.7 Å². The third-order valence-electron chi connectivity index (χ3n) is 3.03. The molecule has 0 bridgehead atoms. The number of rotatable bonds is 8. The molecule has 0 aliphatic carbocycles. The van der Waals surface area contributed by atoms with Crippen LogP contribution in [-0.2, 0) is 6.42 Å². The minimum Gasteiger partial charge on any atom is -0.496 e. The first kappa shape index (κ1) is 14.9. The van der Waals surface area contributed by atoms with E-state index in [0.29, 0.717) is 5.92 Å². The van der Waals surface area contributed by atoms with Crippen LogP contribution in [0.25, 0.3) is 0 Å². The Kier molecular flexibility index (Phi) is 6.68. The summed E-state index contributed by atoms with van der Waals surface area (Å²) in [6.45, 7) is 4.61. The Bertz CT molecular complexity index is 358. The summed E-state index contributed by atoms with van der Waals surface area (Å²) in [6.07, 6.45) is 1.83. The normalized spacial score (nSPS) is 12.4. The lowest BCUT2D eigenvalue weighted by Crippen LogP contribution is -2.22. The van der Waals surface area contributed by atoms with Crippen molar-refractivity contribution < 1.29 is 9.13 Å². The zero-order valence-electron chi connectivity index (χ0n) is 11.2. The van der Waals surface area contributed by atoms with Gasteiger partial charge >= 0.3 is 0 Å². The fourth-order valence-corrected chi connectivity index (χ4v) is 1.76. The smallest absolute Gasteiger partial charge is 0.123 e. The highest BCUT2D eigenvalue weighted by Crippen LogP contribution is 2.19. The summed E-state index contributed by atoms with van der Waals surface area (Å²) in [5.41, 5.74) is 6.45. The van der Waals surface area contributed by atoms with Crippen LogP contribution in [0.2, 0.25) is 0 Å². The van der Waals surface area contributed by atoms with Crippen molar-refractivity contribution in [2.45, 2.75) is 19.8 Å². The third-order valence-corrected chi connectivity index (χ3v) is 3.03. The van der Waals surface area contributed by atoms with Crippen molar-refractivity contribution in [3.05, 3.63) is 29.6 Å². The summed E-state index contributed by atoms with van der Waals surface area (Å²) in [5, 5.41) is 3.34. The first-order valence-corrected chi connectivity index (χ1v) is 6.40. The van der Waals surface area contributed by atoms with Crippen molar-refractivity contribution in [2.24, 2.45) is 11.7 Å². The second kappa shape index (κ2) is 8.06. The maximum Gasteiger partial charge on any atom is 0.123 e. The molecule has 1 aromatic rings. The average molecular weight is 254 g/mol. The molecule has 0 fully saturated rings. The zero-order chi connectivity index (χ0) is 13.4. The molecule has 18 heavy (non-hydrogen) atoms. The molecule has 3 N–H and O–H groups in total. The quantitative estimate of drug-likeness (QED) is 0.697. The molecule has 0 saturated heterocycles. The Balaban J connectivity index is 2.32. The summed E-state index contributed by atoms with van der Waals surface area (Å²) in [5.74, 6) is 1.07. The number of benzene rings is 1. The Morgan fingerprint density at radius 1 is 1.39 bits per heavy atom. The molecule has 4 heteroatoms. The highest BCUT2D eigenvalue weighted by molar-refractivity contribution is 5.34. The second-order valence-corrected chi connectivity index (χ2v) is 4.59. The lowest BCUT2D eigenvalue weighted by atomic mass is 10.1. The Hall–Kier alpha value is -1.13. The molecule has 0 saturated carbocycles. The van der Waals surface area contributed by atoms with Crippen LogP contribution >= 0.6 is 0 Å². The van der Waals surface area contributed by atoms with Gasteiger partial charge in [0.1, 0.15) is 11.6 Å². The van der Waals surface area contributed by atoms with E-state index in [1.165, 1.54) is 12.1 Å². The van der Waals surface area contributed by atoms with Crippen molar-refractivity contribution in [3.8, 4) is 5.75 Å². The molecule has 0 heterocycles. The minimum absolute atomic E-state index is 0.220. The molecule has 0 amide bonds. The molecule has 3 nitrogen and oxygen atoms in total. The van der Waals surface area contributed by atoms with E-state index in [0.717, 1.165) is 43.8 Å². The zero-order valence-corrected chi connectivity index (χ0v) is 11.2. The number of ether oxygens (including phenoxy) is 1. The van der Waals surface area contributed by atoms with Crippen LogP contribution in [0.15, 0.2) is 18.2 Å². The molecule has 0 aliphatic rings. The fraction of sp³-hybridized carbons (Fsp3) is 0.571. The number of methoxy groups -OCH3 is 1. The molecule has 1 atom stereocenters. The van der Waals surface area contributed by atoms with Crippen molar-refractivity contribution in [2.75, 3.05) is 26.7 Å². The summed E-state index contributed by atoms with van der Waals surface area (Å²) in [7, 11) is 1.60. The Morgan fingerprint density at radius 2 is 2.17 bits per heavy atom. The minimum atomic E-state index is -0.220. The predicted octanol–water partition coefficient (Wildman–Crippen LogP) is 1.95. The largest absolute Gasteiger partial charge is 0.496 e. The SMILES string of the molecule is COc1ccc(F)cc1CCNCCC(C)CN. The molecule has 0 aromatic heterocycles. The van der Waals surface area contributed by atoms with E-state index in [4.69, 9.17) is 10.5 Å². The molecule has 1 rings (SSSR count). The van der Waals surface area contributed by atoms with Gasteiger partial charge in [0.25, 0.3) is 0 Å². The third kappa shape index (κ3) is 5.02. The molecule has 0 aliphatic heterocycles. The predicted molar refractivity (Wildman–Crippen MR) is 72.4 cm³/mol. The number of nitrogens with two attached hydrogens (primary N) is 1. The number of hydrogen-bond donors (Lipinski definition) is 2. The summed E-state index contributed by atoms with van der Waals surface area (Å²) in [6, 6.07) is 4.61. The van der Waals surface area contributed by atoms with E-state index in [1.54, 1.807) is 13.2 Å². The maximum atomic E-state index is 13.1. The highest BCUT2D eigenvalue weighted by Gasteiger charge is 2.04. The Morgan fingerprint density at radius 3 is 2.83 bits per heavy atom. The van der Waals surface area contributed by atoms with Gasteiger partial charge in [-0.25, -0.2) is 4.39 Å². The van der Waals surface area contributed by atoms with Crippen LogP contribution in [0.3, 0.4) is 0 Å². The lowest BCUT2D eigenvalue weighted by molar-refractivity contribution is 0.407. The second-order valence-electron chi connectivity index (χ2n) is 4.59. The number of hydrogen-bond acceptors (Lipinski definition) is 3. The number of halogens is 1.